The number of fused-ring (bicyclic) bond motifs is 2. The van der Waals surface area contributed by atoms with Crippen molar-refractivity contribution in [2.75, 3.05) is 26.0 Å². The number of carbonyl (C=O) groups is 1. The van der Waals surface area contributed by atoms with Gasteiger partial charge < -0.3 is 31.4 Å². The quantitative estimate of drug-likeness (QED) is 0.230. The summed E-state index contributed by atoms with van der Waals surface area (Å²) in [4.78, 5) is 22.0. The molecule has 4 aromatic rings. The number of ether oxygens (including phenoxy) is 2. The summed E-state index contributed by atoms with van der Waals surface area (Å²) in [5, 5.41) is 15.0. The molecule has 2 atom stereocenters. The fourth-order valence-electron chi connectivity index (χ4n) is 5.16. The van der Waals surface area contributed by atoms with Crippen LogP contribution in [0.5, 0.6) is 11.5 Å². The van der Waals surface area contributed by atoms with E-state index in [1.807, 2.05) is 0 Å². The third-order valence-electron chi connectivity index (χ3n) is 7.69. The van der Waals surface area contributed by atoms with E-state index in [-0.39, 0.29) is 34.8 Å². The van der Waals surface area contributed by atoms with Gasteiger partial charge in [-0.1, -0.05) is 11.3 Å². The maximum Gasteiger partial charge on any atom is 0.414 e. The third kappa shape index (κ3) is 4.59. The molecule has 220 valence electrons. The second-order valence-corrected chi connectivity index (χ2v) is 11.5. The average molecular weight is 604 g/mol. The van der Waals surface area contributed by atoms with E-state index >= 15 is 0 Å². The van der Waals surface area contributed by atoms with Crippen molar-refractivity contribution in [2.45, 2.75) is 30.2 Å². The Morgan fingerprint density at radius 1 is 1.21 bits per heavy atom. The molecule has 14 heteroatoms. The van der Waals surface area contributed by atoms with Crippen LogP contribution in [0.2, 0.25) is 0 Å². The first-order valence-corrected chi connectivity index (χ1v) is 13.7. The maximum atomic E-state index is 14.2. The molecule has 2 aliphatic rings. The van der Waals surface area contributed by atoms with E-state index in [1.165, 1.54) is 36.6 Å². The molecule has 42 heavy (non-hydrogen) atoms. The van der Waals surface area contributed by atoms with E-state index in [0.717, 1.165) is 18.2 Å². The van der Waals surface area contributed by atoms with Gasteiger partial charge in [-0.2, -0.15) is 13.2 Å². The van der Waals surface area contributed by atoms with Crippen LogP contribution in [0.1, 0.15) is 34.5 Å². The third-order valence-corrected chi connectivity index (χ3v) is 8.53. The predicted octanol–water partition coefficient (Wildman–Crippen LogP) is 4.22. The van der Waals surface area contributed by atoms with Gasteiger partial charge in [0.15, 0.2) is 16.4 Å². The highest BCUT2D eigenvalue weighted by Crippen LogP contribution is 2.52. The molecule has 1 saturated carbocycles. The molecule has 9 nitrogen and oxygen atoms in total. The number of halogens is 4. The Hall–Kier alpha value is -4.01. The number of hydrogen-bond acceptors (Lipinski definition) is 9. The number of alkyl halides is 3. The zero-order chi connectivity index (χ0) is 30.0. The summed E-state index contributed by atoms with van der Waals surface area (Å²) >= 11 is 1.17. The maximum absolute atomic E-state index is 14.2. The standard InChI is InChI=1S/C28H25F4N5O4S/c1-40-18-8-14(9-19-22(18)37-25(33)42-19)24(38)35-11-26(39,15-4-5-15)20-10-17-23(41-12-27(17,34)28(30,31)32)21(36-20)13-2-6-16(29)7-3-13/h2-3,6-10,15,39H,4-5,11-12,34H2,1H3,(H2,33,37)(H,35,38)/t26-,27+/m1/s1. The number of nitrogen functional groups attached to an aromatic ring is 1. The van der Waals surface area contributed by atoms with E-state index < -0.39 is 47.1 Å². The molecular weight excluding hydrogens is 578 g/mol. The summed E-state index contributed by atoms with van der Waals surface area (Å²) < 4.78 is 67.7. The fraction of sp³-hybridized carbons (Fsp3) is 0.321. The number of nitrogens with zero attached hydrogens (tertiary/aromatic N) is 2. The van der Waals surface area contributed by atoms with Gasteiger partial charge in [0.1, 0.15) is 35.0 Å². The largest absolute Gasteiger partial charge is 0.494 e. The minimum absolute atomic E-state index is 0.0255. The SMILES string of the molecule is COc1cc(C(=O)NC[C@](O)(c2cc3c(c(-c4ccc(F)cc4)n2)OC[C@@]3(N)C(F)(F)F)C2CC2)cc2sc(N)nc12. The predicted molar refractivity (Wildman–Crippen MR) is 147 cm³/mol. The van der Waals surface area contributed by atoms with Crippen LogP contribution >= 0.6 is 11.3 Å². The second-order valence-electron chi connectivity index (χ2n) is 10.5. The van der Waals surface area contributed by atoms with Gasteiger partial charge >= 0.3 is 6.18 Å². The van der Waals surface area contributed by atoms with Gasteiger partial charge in [0.25, 0.3) is 5.91 Å². The highest BCUT2D eigenvalue weighted by molar-refractivity contribution is 7.22. The Kier molecular flexibility index (Phi) is 6.55. The van der Waals surface area contributed by atoms with Crippen LogP contribution < -0.4 is 26.3 Å². The molecule has 3 heterocycles. The van der Waals surface area contributed by atoms with Gasteiger partial charge in [0, 0.05) is 16.7 Å². The van der Waals surface area contributed by atoms with Gasteiger partial charge in [-0.05, 0) is 61.2 Å². The number of methoxy groups -OCH3 is 1. The van der Waals surface area contributed by atoms with E-state index in [4.69, 9.17) is 20.9 Å². The lowest BCUT2D eigenvalue weighted by Crippen LogP contribution is -2.52. The summed E-state index contributed by atoms with van der Waals surface area (Å²) in [7, 11) is 1.43. The van der Waals surface area contributed by atoms with Crippen molar-refractivity contribution in [1.29, 1.82) is 0 Å². The van der Waals surface area contributed by atoms with Crippen molar-refractivity contribution in [3.8, 4) is 22.8 Å². The van der Waals surface area contributed by atoms with Crippen molar-refractivity contribution in [3.63, 3.8) is 0 Å². The minimum Gasteiger partial charge on any atom is -0.494 e. The first-order valence-electron chi connectivity index (χ1n) is 12.9. The average Bonchev–Trinajstić information content (AvgIpc) is 3.66. The normalized spacial score (nSPS) is 19.7. The molecule has 2 aromatic carbocycles. The molecule has 0 unspecified atom stereocenters. The Labute approximate surface area is 240 Å². The van der Waals surface area contributed by atoms with Crippen molar-refractivity contribution in [3.05, 3.63) is 65.1 Å². The van der Waals surface area contributed by atoms with Crippen molar-refractivity contribution >= 4 is 32.6 Å². The van der Waals surface area contributed by atoms with Gasteiger partial charge in [0.05, 0.1) is 24.0 Å². The number of carbonyl (C=O) groups excluding carboxylic acids is 1. The number of amides is 1. The molecule has 1 aliphatic heterocycles. The number of aromatic nitrogens is 2. The number of hydrogen-bond donors (Lipinski definition) is 4. The Bertz CT molecular complexity index is 1710. The van der Waals surface area contributed by atoms with Gasteiger partial charge in [-0.15, -0.1) is 0 Å². The van der Waals surface area contributed by atoms with Gasteiger partial charge in [-0.3, -0.25) is 4.79 Å². The fourth-order valence-corrected chi connectivity index (χ4v) is 5.95. The summed E-state index contributed by atoms with van der Waals surface area (Å²) in [6.07, 6.45) is -3.78. The zero-order valence-corrected chi connectivity index (χ0v) is 22.9. The molecule has 0 spiro atoms. The number of pyridine rings is 1. The first-order chi connectivity index (χ1) is 19.8. The van der Waals surface area contributed by atoms with E-state index in [9.17, 15) is 27.5 Å². The molecule has 2 aromatic heterocycles. The van der Waals surface area contributed by atoms with Crippen molar-refractivity contribution in [2.24, 2.45) is 11.7 Å². The van der Waals surface area contributed by atoms with Crippen LogP contribution in [0.4, 0.5) is 22.7 Å². The van der Waals surface area contributed by atoms with E-state index in [2.05, 4.69) is 15.3 Å². The number of thiazole rings is 1. The van der Waals surface area contributed by atoms with Gasteiger partial charge in [0.2, 0.25) is 0 Å². The lowest BCUT2D eigenvalue weighted by molar-refractivity contribution is -0.191. The summed E-state index contributed by atoms with van der Waals surface area (Å²) in [6.45, 7) is -1.25. The number of aliphatic hydroxyl groups is 1. The Balaban J connectivity index is 1.40. The lowest BCUT2D eigenvalue weighted by atomic mass is 9.86. The summed E-state index contributed by atoms with van der Waals surface area (Å²) in [5.74, 6) is -1.38. The van der Waals surface area contributed by atoms with Crippen LogP contribution in [-0.4, -0.2) is 47.4 Å². The molecule has 1 fully saturated rings. The van der Waals surface area contributed by atoms with Crippen molar-refractivity contribution in [1.82, 2.24) is 15.3 Å². The highest BCUT2D eigenvalue weighted by Gasteiger charge is 2.59. The summed E-state index contributed by atoms with van der Waals surface area (Å²) in [6, 6.07) is 9.14. The van der Waals surface area contributed by atoms with Gasteiger partial charge in [-0.25, -0.2) is 14.4 Å². The van der Waals surface area contributed by atoms with Crippen LogP contribution in [0.25, 0.3) is 21.5 Å². The molecule has 6 rings (SSSR count). The zero-order valence-electron chi connectivity index (χ0n) is 22.1. The van der Waals surface area contributed by atoms with Crippen molar-refractivity contribution < 1.29 is 36.9 Å². The number of rotatable bonds is 7. The van der Waals surface area contributed by atoms with E-state index in [0.29, 0.717) is 33.9 Å². The molecule has 0 bridgehead atoms. The second kappa shape index (κ2) is 9.78. The molecule has 0 saturated heterocycles. The summed E-state index contributed by atoms with van der Waals surface area (Å²) in [5.41, 5.74) is 7.41. The monoisotopic (exact) mass is 603 g/mol. The molecule has 0 radical (unpaired) electrons. The number of nitrogens with one attached hydrogen (secondary N) is 1. The topological polar surface area (TPSA) is 146 Å². The molecule has 1 amide bonds. The molecule has 6 N–H and O–H groups in total. The van der Waals surface area contributed by atoms with Crippen LogP contribution in [0.15, 0.2) is 42.5 Å². The van der Waals surface area contributed by atoms with Crippen LogP contribution in [-0.2, 0) is 11.1 Å². The van der Waals surface area contributed by atoms with Crippen LogP contribution in [0, 0.1) is 11.7 Å². The number of benzene rings is 2. The molecular formula is C28H25F4N5O4S. The lowest BCUT2D eigenvalue weighted by Gasteiger charge is -2.31. The molecule has 1 aliphatic carbocycles. The minimum atomic E-state index is -4.89. The highest BCUT2D eigenvalue weighted by atomic mass is 32.1. The Morgan fingerprint density at radius 3 is 2.57 bits per heavy atom. The van der Waals surface area contributed by atoms with E-state index in [1.54, 1.807) is 6.07 Å². The Morgan fingerprint density at radius 2 is 1.93 bits per heavy atom. The smallest absolute Gasteiger partial charge is 0.414 e. The van der Waals surface area contributed by atoms with Crippen LogP contribution in [0.3, 0.4) is 0 Å². The first kappa shape index (κ1) is 28.1. The number of nitrogens with two attached hydrogens (primary N) is 2. The number of anilines is 1.